The number of hydrogen-bond acceptors (Lipinski definition) is 7. The molecule has 0 aromatic carbocycles. The van der Waals surface area contributed by atoms with Crippen molar-refractivity contribution < 1.29 is 12.9 Å². The molecule has 0 saturated heterocycles. The number of sulfonamides is 1. The fraction of sp³-hybridized carbons (Fsp3) is 0.462. The van der Waals surface area contributed by atoms with Gasteiger partial charge in [-0.3, -0.25) is 4.72 Å². The summed E-state index contributed by atoms with van der Waals surface area (Å²) < 4.78 is 31.9. The summed E-state index contributed by atoms with van der Waals surface area (Å²) >= 11 is 0. The van der Waals surface area contributed by atoms with Crippen LogP contribution in [0.25, 0.3) is 0 Å². The molecule has 0 amide bonds. The first-order chi connectivity index (χ1) is 10.3. The van der Waals surface area contributed by atoms with Gasteiger partial charge in [-0.25, -0.2) is 8.42 Å². The van der Waals surface area contributed by atoms with Crippen molar-refractivity contribution >= 4 is 21.7 Å². The number of aryl methyl sites for hydroxylation is 2. The summed E-state index contributed by atoms with van der Waals surface area (Å²) in [7, 11) is -3.80. The van der Waals surface area contributed by atoms with Crippen LogP contribution in [0.15, 0.2) is 21.6 Å². The van der Waals surface area contributed by atoms with E-state index in [1.807, 2.05) is 0 Å². The van der Waals surface area contributed by atoms with Gasteiger partial charge in [-0.1, -0.05) is 19.0 Å². The van der Waals surface area contributed by atoms with Crippen LogP contribution in [0.4, 0.5) is 11.6 Å². The Morgan fingerprint density at radius 2 is 1.82 bits per heavy atom. The van der Waals surface area contributed by atoms with Crippen molar-refractivity contribution in [3.63, 3.8) is 0 Å². The molecule has 0 aliphatic rings. The lowest BCUT2D eigenvalue weighted by Crippen LogP contribution is -2.16. The average Bonchev–Trinajstić information content (AvgIpc) is 2.77. The van der Waals surface area contributed by atoms with Crippen LogP contribution in [0.3, 0.4) is 0 Å². The summed E-state index contributed by atoms with van der Waals surface area (Å²) in [5, 5.41) is 14.5. The maximum Gasteiger partial charge on any atom is 0.268 e. The molecular weight excluding hydrogens is 306 g/mol. The minimum atomic E-state index is -3.80. The van der Waals surface area contributed by atoms with Crippen molar-refractivity contribution in [3.8, 4) is 0 Å². The van der Waals surface area contributed by atoms with Gasteiger partial charge in [-0.05, 0) is 31.9 Å². The van der Waals surface area contributed by atoms with Crippen LogP contribution < -0.4 is 10.0 Å². The third-order valence-electron chi connectivity index (χ3n) is 2.83. The van der Waals surface area contributed by atoms with Gasteiger partial charge in [-0.2, -0.15) is 0 Å². The standard InChI is InChI=1S/C13H19N5O3S/c1-8(2)7-14-11-5-6-12(16-15-11)18-22(19,20)13-9(3)17-21-10(13)4/h5-6,8H,7H2,1-4H3,(H,14,15)(H,16,18). The summed E-state index contributed by atoms with van der Waals surface area (Å²) in [5.74, 6) is 1.43. The summed E-state index contributed by atoms with van der Waals surface area (Å²) in [6, 6.07) is 3.21. The van der Waals surface area contributed by atoms with E-state index >= 15 is 0 Å². The second-order valence-corrected chi connectivity index (χ2v) is 6.96. The number of anilines is 2. The van der Waals surface area contributed by atoms with Gasteiger partial charge in [0.2, 0.25) is 0 Å². The van der Waals surface area contributed by atoms with Gasteiger partial charge >= 0.3 is 0 Å². The third-order valence-corrected chi connectivity index (χ3v) is 4.43. The van der Waals surface area contributed by atoms with Crippen LogP contribution in [-0.2, 0) is 10.0 Å². The van der Waals surface area contributed by atoms with E-state index in [9.17, 15) is 8.42 Å². The molecule has 0 spiro atoms. The van der Waals surface area contributed by atoms with E-state index < -0.39 is 10.0 Å². The first-order valence-electron chi connectivity index (χ1n) is 6.83. The molecule has 2 heterocycles. The number of nitrogens with one attached hydrogen (secondary N) is 2. The Balaban J connectivity index is 2.13. The lowest BCUT2D eigenvalue weighted by molar-refractivity contribution is 0.390. The molecule has 0 fully saturated rings. The van der Waals surface area contributed by atoms with Crippen LogP contribution in [0.5, 0.6) is 0 Å². The Hall–Kier alpha value is -2.16. The van der Waals surface area contributed by atoms with Crippen molar-refractivity contribution in [2.75, 3.05) is 16.6 Å². The lowest BCUT2D eigenvalue weighted by atomic mass is 10.2. The Kier molecular flexibility index (Phi) is 4.65. The van der Waals surface area contributed by atoms with Gasteiger partial charge in [0.05, 0.1) is 0 Å². The van der Waals surface area contributed by atoms with Gasteiger partial charge in [-0.15, -0.1) is 10.2 Å². The number of rotatable bonds is 6. The molecule has 0 atom stereocenters. The molecule has 2 aromatic rings. The predicted octanol–water partition coefficient (Wildman–Crippen LogP) is 1.95. The van der Waals surface area contributed by atoms with Crippen molar-refractivity contribution in [3.05, 3.63) is 23.6 Å². The van der Waals surface area contributed by atoms with Gasteiger partial charge in [0.15, 0.2) is 16.5 Å². The summed E-state index contributed by atoms with van der Waals surface area (Å²) in [4.78, 5) is 0.0244. The predicted molar refractivity (Wildman–Crippen MR) is 82.1 cm³/mol. The van der Waals surface area contributed by atoms with Crippen molar-refractivity contribution in [2.45, 2.75) is 32.6 Å². The van der Waals surface area contributed by atoms with Crippen LogP contribution in [0, 0.1) is 19.8 Å². The van der Waals surface area contributed by atoms with Crippen molar-refractivity contribution in [1.82, 2.24) is 15.4 Å². The van der Waals surface area contributed by atoms with E-state index in [0.717, 1.165) is 6.54 Å². The highest BCUT2D eigenvalue weighted by Gasteiger charge is 2.24. The van der Waals surface area contributed by atoms with Gasteiger partial charge in [0, 0.05) is 6.54 Å². The van der Waals surface area contributed by atoms with E-state index in [0.29, 0.717) is 17.4 Å². The zero-order valence-corrected chi connectivity index (χ0v) is 13.7. The maximum atomic E-state index is 12.3. The molecule has 0 unspecified atom stereocenters. The molecule has 2 rings (SSSR count). The zero-order chi connectivity index (χ0) is 16.3. The smallest absolute Gasteiger partial charge is 0.268 e. The minimum absolute atomic E-state index is 0.0244. The topological polar surface area (TPSA) is 110 Å². The Morgan fingerprint density at radius 1 is 1.18 bits per heavy atom. The van der Waals surface area contributed by atoms with Crippen LogP contribution in [0.1, 0.15) is 25.3 Å². The number of aromatic nitrogens is 3. The van der Waals surface area contributed by atoms with Gasteiger partial charge in [0.25, 0.3) is 10.0 Å². The number of nitrogens with zero attached hydrogens (tertiary/aromatic N) is 3. The van der Waals surface area contributed by atoms with Crippen LogP contribution in [-0.4, -0.2) is 30.3 Å². The fourth-order valence-electron chi connectivity index (χ4n) is 1.84. The van der Waals surface area contributed by atoms with Crippen molar-refractivity contribution in [2.24, 2.45) is 5.92 Å². The highest BCUT2D eigenvalue weighted by molar-refractivity contribution is 7.92. The quantitative estimate of drug-likeness (QED) is 0.835. The lowest BCUT2D eigenvalue weighted by Gasteiger charge is -2.09. The largest absolute Gasteiger partial charge is 0.368 e. The van der Waals surface area contributed by atoms with Gasteiger partial charge < -0.3 is 9.84 Å². The molecule has 0 radical (unpaired) electrons. The highest BCUT2D eigenvalue weighted by atomic mass is 32.2. The highest BCUT2D eigenvalue weighted by Crippen LogP contribution is 2.21. The van der Waals surface area contributed by atoms with E-state index in [-0.39, 0.29) is 16.5 Å². The molecule has 0 aliphatic carbocycles. The summed E-state index contributed by atoms with van der Waals surface area (Å²) in [5.41, 5.74) is 0.299. The second kappa shape index (κ2) is 6.30. The normalized spacial score (nSPS) is 11.7. The molecular formula is C13H19N5O3S. The first-order valence-corrected chi connectivity index (χ1v) is 8.31. The molecule has 120 valence electrons. The summed E-state index contributed by atoms with van der Waals surface area (Å²) in [6.45, 7) is 8.02. The summed E-state index contributed by atoms with van der Waals surface area (Å²) in [6.07, 6.45) is 0. The SMILES string of the molecule is Cc1noc(C)c1S(=O)(=O)Nc1ccc(NCC(C)C)nn1. The van der Waals surface area contributed by atoms with Crippen LogP contribution >= 0.6 is 0 Å². The van der Waals surface area contributed by atoms with E-state index in [1.54, 1.807) is 26.0 Å². The van der Waals surface area contributed by atoms with Gasteiger partial charge in [0.1, 0.15) is 11.5 Å². The zero-order valence-electron chi connectivity index (χ0n) is 12.9. The maximum absolute atomic E-state index is 12.3. The molecule has 0 saturated carbocycles. The minimum Gasteiger partial charge on any atom is -0.368 e. The van der Waals surface area contributed by atoms with E-state index in [4.69, 9.17) is 4.52 Å². The third kappa shape index (κ3) is 3.73. The first kappa shape index (κ1) is 16.2. The van der Waals surface area contributed by atoms with E-state index in [1.165, 1.54) is 0 Å². The van der Waals surface area contributed by atoms with Crippen LogP contribution in [0.2, 0.25) is 0 Å². The molecule has 0 aliphatic heterocycles. The number of hydrogen-bond donors (Lipinski definition) is 2. The van der Waals surface area contributed by atoms with Crippen molar-refractivity contribution in [1.29, 1.82) is 0 Å². The second-order valence-electron chi connectivity index (χ2n) is 5.34. The molecule has 2 N–H and O–H groups in total. The Morgan fingerprint density at radius 3 is 2.32 bits per heavy atom. The molecule has 22 heavy (non-hydrogen) atoms. The molecule has 2 aromatic heterocycles. The molecule has 8 nitrogen and oxygen atoms in total. The average molecular weight is 325 g/mol. The van der Waals surface area contributed by atoms with E-state index in [2.05, 4.69) is 39.2 Å². The monoisotopic (exact) mass is 325 g/mol. The molecule has 9 heteroatoms. The molecule has 0 bridgehead atoms. The fourth-order valence-corrected chi connectivity index (χ4v) is 3.16. The Bertz CT molecular complexity index is 718. The Labute approximate surface area is 129 Å².